The Morgan fingerprint density at radius 3 is 2.67 bits per heavy atom. The molecule has 0 aromatic rings. The number of rotatable bonds is 4. The zero-order valence-electron chi connectivity index (χ0n) is 12.1. The zero-order chi connectivity index (χ0) is 13.2. The Morgan fingerprint density at radius 2 is 1.94 bits per heavy atom. The number of fused-ring (bicyclic) bond motifs is 1. The third kappa shape index (κ3) is 3.25. The van der Waals surface area contributed by atoms with Crippen molar-refractivity contribution in [3.05, 3.63) is 0 Å². The van der Waals surface area contributed by atoms with Gasteiger partial charge >= 0.3 is 0 Å². The molecule has 0 radical (unpaired) electrons. The molecular weight excluding hydrogens is 224 g/mol. The van der Waals surface area contributed by atoms with Gasteiger partial charge in [-0.1, -0.05) is 12.8 Å². The highest BCUT2D eigenvalue weighted by Gasteiger charge is 2.36. The summed E-state index contributed by atoms with van der Waals surface area (Å²) in [5.74, 6) is 0.924. The Hall–Kier alpha value is -0.120. The van der Waals surface area contributed by atoms with Gasteiger partial charge in [-0.05, 0) is 58.4 Å². The minimum atomic E-state index is -0.430. The van der Waals surface area contributed by atoms with Gasteiger partial charge in [0.15, 0.2) is 0 Å². The second-order valence-corrected chi connectivity index (χ2v) is 6.86. The minimum Gasteiger partial charge on any atom is -0.394 e. The van der Waals surface area contributed by atoms with Crippen molar-refractivity contribution >= 4 is 0 Å². The van der Waals surface area contributed by atoms with Gasteiger partial charge in [-0.3, -0.25) is 4.90 Å². The van der Waals surface area contributed by atoms with Crippen molar-refractivity contribution in [1.82, 2.24) is 4.90 Å². The van der Waals surface area contributed by atoms with E-state index >= 15 is 0 Å². The smallest absolute Gasteiger partial charge is 0.0609 e. The van der Waals surface area contributed by atoms with Gasteiger partial charge in [-0.25, -0.2) is 0 Å². The predicted molar refractivity (Wildman–Crippen MR) is 75.4 cm³/mol. The van der Waals surface area contributed by atoms with Crippen LogP contribution < -0.4 is 5.73 Å². The second-order valence-electron chi connectivity index (χ2n) is 6.86. The van der Waals surface area contributed by atoms with Crippen LogP contribution in [-0.2, 0) is 0 Å². The number of piperidine rings is 1. The zero-order valence-corrected chi connectivity index (χ0v) is 12.1. The standard InChI is InChI=1S/C15H30N2O/c1-12(10-15(2,16)11-18)17-9-5-7-13-6-3-4-8-14(13)17/h12-14,18H,3-11,16H2,1-2H3/t12?,13-,14-,15?/m1/s1. The molecule has 2 rings (SSSR count). The van der Waals surface area contributed by atoms with Crippen LogP contribution in [0.25, 0.3) is 0 Å². The molecule has 0 aromatic carbocycles. The molecule has 18 heavy (non-hydrogen) atoms. The minimum absolute atomic E-state index is 0.0826. The van der Waals surface area contributed by atoms with Crippen molar-refractivity contribution < 1.29 is 5.11 Å². The largest absolute Gasteiger partial charge is 0.394 e. The molecule has 106 valence electrons. The SMILES string of the molecule is CC(CC(C)(N)CO)N1CCC[C@H]2CCCC[C@H]21. The molecule has 3 nitrogen and oxygen atoms in total. The lowest BCUT2D eigenvalue weighted by molar-refractivity contribution is 0.0182. The van der Waals surface area contributed by atoms with Crippen LogP contribution >= 0.6 is 0 Å². The Kier molecular flexibility index (Phi) is 4.68. The van der Waals surface area contributed by atoms with Gasteiger partial charge in [0.1, 0.15) is 0 Å². The van der Waals surface area contributed by atoms with E-state index in [-0.39, 0.29) is 6.61 Å². The molecule has 3 N–H and O–H groups in total. The van der Waals surface area contributed by atoms with Crippen molar-refractivity contribution in [2.24, 2.45) is 11.7 Å². The fourth-order valence-corrected chi connectivity index (χ4v) is 4.07. The molecule has 1 saturated carbocycles. The van der Waals surface area contributed by atoms with Gasteiger partial charge in [0, 0.05) is 17.6 Å². The molecule has 1 aliphatic heterocycles. The first kappa shape index (κ1) is 14.3. The van der Waals surface area contributed by atoms with E-state index < -0.39 is 5.54 Å². The molecule has 0 spiro atoms. The molecule has 0 bridgehead atoms. The third-order valence-electron chi connectivity index (χ3n) is 4.98. The third-order valence-corrected chi connectivity index (χ3v) is 4.98. The maximum Gasteiger partial charge on any atom is 0.0609 e. The fourth-order valence-electron chi connectivity index (χ4n) is 4.07. The van der Waals surface area contributed by atoms with E-state index in [1.807, 2.05) is 6.92 Å². The molecule has 3 heteroatoms. The molecule has 2 fully saturated rings. The van der Waals surface area contributed by atoms with Crippen LogP contribution in [0.4, 0.5) is 0 Å². The normalized spacial score (nSPS) is 34.7. The topological polar surface area (TPSA) is 49.5 Å². The molecule has 1 heterocycles. The molecule has 0 aromatic heterocycles. The number of aliphatic hydroxyl groups excluding tert-OH is 1. The summed E-state index contributed by atoms with van der Waals surface area (Å²) in [7, 11) is 0. The van der Waals surface area contributed by atoms with Crippen LogP contribution in [0.2, 0.25) is 0 Å². The number of nitrogens with zero attached hydrogens (tertiary/aromatic N) is 1. The highest BCUT2D eigenvalue weighted by atomic mass is 16.3. The summed E-state index contributed by atoms with van der Waals surface area (Å²) in [5, 5.41) is 9.33. The maximum absolute atomic E-state index is 9.33. The molecule has 2 aliphatic rings. The van der Waals surface area contributed by atoms with E-state index in [1.54, 1.807) is 0 Å². The maximum atomic E-state index is 9.33. The van der Waals surface area contributed by atoms with Gasteiger partial charge in [0.25, 0.3) is 0 Å². The van der Waals surface area contributed by atoms with Crippen LogP contribution in [-0.4, -0.2) is 40.8 Å². The summed E-state index contributed by atoms with van der Waals surface area (Å²) in [6.45, 7) is 5.56. The first-order chi connectivity index (χ1) is 8.53. The summed E-state index contributed by atoms with van der Waals surface area (Å²) in [4.78, 5) is 2.69. The Bertz CT molecular complexity index is 265. The van der Waals surface area contributed by atoms with Crippen molar-refractivity contribution in [3.63, 3.8) is 0 Å². The van der Waals surface area contributed by atoms with Crippen LogP contribution in [0.5, 0.6) is 0 Å². The molecule has 1 aliphatic carbocycles. The summed E-state index contributed by atoms with van der Waals surface area (Å²) in [6.07, 6.45) is 9.27. The average Bonchev–Trinajstić information content (AvgIpc) is 2.37. The number of nitrogens with two attached hydrogens (primary N) is 1. The number of hydrogen-bond donors (Lipinski definition) is 2. The van der Waals surface area contributed by atoms with Crippen LogP contribution in [0, 0.1) is 5.92 Å². The first-order valence-corrected chi connectivity index (χ1v) is 7.69. The Labute approximate surface area is 112 Å². The summed E-state index contributed by atoms with van der Waals surface area (Å²) in [6, 6.07) is 1.29. The lowest BCUT2D eigenvalue weighted by Crippen LogP contribution is -2.54. The molecule has 0 amide bonds. The van der Waals surface area contributed by atoms with Crippen LogP contribution in [0.15, 0.2) is 0 Å². The summed E-state index contributed by atoms with van der Waals surface area (Å²) < 4.78 is 0. The predicted octanol–water partition coefficient (Wildman–Crippen LogP) is 2.13. The monoisotopic (exact) mass is 254 g/mol. The molecule has 4 atom stereocenters. The summed E-state index contributed by atoms with van der Waals surface area (Å²) in [5.41, 5.74) is 5.69. The highest BCUT2D eigenvalue weighted by Crippen LogP contribution is 2.37. The summed E-state index contributed by atoms with van der Waals surface area (Å²) >= 11 is 0. The fraction of sp³-hybridized carbons (Fsp3) is 1.00. The van der Waals surface area contributed by atoms with E-state index in [1.165, 1.54) is 45.1 Å². The van der Waals surface area contributed by atoms with E-state index in [2.05, 4.69) is 11.8 Å². The highest BCUT2D eigenvalue weighted by molar-refractivity contribution is 4.92. The quantitative estimate of drug-likeness (QED) is 0.808. The van der Waals surface area contributed by atoms with Gasteiger partial charge in [-0.2, -0.15) is 0 Å². The molecule has 1 saturated heterocycles. The molecule has 2 unspecified atom stereocenters. The van der Waals surface area contributed by atoms with Gasteiger partial charge in [0.2, 0.25) is 0 Å². The van der Waals surface area contributed by atoms with Gasteiger partial charge < -0.3 is 10.8 Å². The van der Waals surface area contributed by atoms with Gasteiger partial charge in [0.05, 0.1) is 6.61 Å². The number of hydrogen-bond acceptors (Lipinski definition) is 3. The van der Waals surface area contributed by atoms with E-state index in [0.717, 1.165) is 18.4 Å². The van der Waals surface area contributed by atoms with Crippen molar-refractivity contribution in [3.8, 4) is 0 Å². The van der Waals surface area contributed by atoms with Crippen LogP contribution in [0.3, 0.4) is 0 Å². The first-order valence-electron chi connectivity index (χ1n) is 7.69. The van der Waals surface area contributed by atoms with Crippen molar-refractivity contribution in [2.45, 2.75) is 76.4 Å². The van der Waals surface area contributed by atoms with Crippen LogP contribution in [0.1, 0.15) is 58.8 Å². The van der Waals surface area contributed by atoms with E-state index in [9.17, 15) is 5.11 Å². The number of likely N-dealkylation sites (tertiary alicyclic amines) is 1. The van der Waals surface area contributed by atoms with E-state index in [0.29, 0.717) is 6.04 Å². The van der Waals surface area contributed by atoms with Crippen molar-refractivity contribution in [2.75, 3.05) is 13.2 Å². The number of aliphatic hydroxyl groups is 1. The second kappa shape index (κ2) is 5.89. The lowest BCUT2D eigenvalue weighted by Gasteiger charge is -2.48. The Balaban J connectivity index is 1.97. The lowest BCUT2D eigenvalue weighted by atomic mass is 9.77. The van der Waals surface area contributed by atoms with E-state index in [4.69, 9.17) is 5.73 Å². The average molecular weight is 254 g/mol. The van der Waals surface area contributed by atoms with Gasteiger partial charge in [-0.15, -0.1) is 0 Å². The van der Waals surface area contributed by atoms with Crippen molar-refractivity contribution in [1.29, 1.82) is 0 Å². The molecular formula is C15H30N2O. The Morgan fingerprint density at radius 1 is 1.28 bits per heavy atom.